The van der Waals surface area contributed by atoms with Crippen LogP contribution in [0.5, 0.6) is 0 Å². The van der Waals surface area contributed by atoms with E-state index in [1.54, 1.807) is 42.5 Å². The first-order valence-electron chi connectivity index (χ1n) is 7.65. The highest BCUT2D eigenvalue weighted by molar-refractivity contribution is 6.39. The minimum atomic E-state index is -0.823. The maximum atomic E-state index is 13.5. The van der Waals surface area contributed by atoms with E-state index in [1.807, 2.05) is 0 Å². The largest absolute Gasteiger partial charge is 0.369 e. The summed E-state index contributed by atoms with van der Waals surface area (Å²) in [7, 11) is 0. The maximum Gasteiger partial charge on any atom is 0.313 e. The van der Waals surface area contributed by atoms with Gasteiger partial charge in [0.2, 0.25) is 5.91 Å². The van der Waals surface area contributed by atoms with Crippen LogP contribution in [0.25, 0.3) is 0 Å². The first-order chi connectivity index (χ1) is 12.0. The van der Waals surface area contributed by atoms with Gasteiger partial charge in [-0.25, -0.2) is 4.39 Å². The number of hydrogen-bond donors (Lipinski definition) is 3. The summed E-state index contributed by atoms with van der Waals surface area (Å²) >= 11 is 0. The molecule has 2 rings (SSSR count). The van der Waals surface area contributed by atoms with Gasteiger partial charge in [0.05, 0.1) is 6.42 Å². The van der Waals surface area contributed by atoms with Crippen LogP contribution < -0.4 is 16.4 Å². The maximum absolute atomic E-state index is 13.5. The number of nitrogens with two attached hydrogens (primary N) is 1. The average molecular weight is 343 g/mol. The molecule has 0 unspecified atom stereocenters. The number of rotatable bonds is 6. The van der Waals surface area contributed by atoms with Crippen LogP contribution in [0.1, 0.15) is 11.1 Å². The van der Waals surface area contributed by atoms with Crippen LogP contribution in [-0.2, 0) is 27.2 Å². The molecule has 130 valence electrons. The van der Waals surface area contributed by atoms with Gasteiger partial charge in [-0.05, 0) is 35.7 Å². The summed E-state index contributed by atoms with van der Waals surface area (Å²) in [6, 6.07) is 12.7. The van der Waals surface area contributed by atoms with E-state index in [-0.39, 0.29) is 25.2 Å². The molecule has 0 spiro atoms. The Bertz CT molecular complexity index is 775. The molecule has 2 aromatic rings. The fourth-order valence-corrected chi connectivity index (χ4v) is 2.19. The van der Waals surface area contributed by atoms with Crippen molar-refractivity contribution in [1.29, 1.82) is 0 Å². The molecule has 4 N–H and O–H groups in total. The molecule has 7 heteroatoms. The first-order valence-corrected chi connectivity index (χ1v) is 7.65. The van der Waals surface area contributed by atoms with Gasteiger partial charge in [-0.1, -0.05) is 30.3 Å². The van der Waals surface area contributed by atoms with Crippen molar-refractivity contribution in [3.05, 3.63) is 65.5 Å². The lowest BCUT2D eigenvalue weighted by molar-refractivity contribution is -0.136. The molecule has 0 aliphatic rings. The molecule has 0 atom stereocenters. The zero-order chi connectivity index (χ0) is 18.2. The Morgan fingerprint density at radius 3 is 2.28 bits per heavy atom. The van der Waals surface area contributed by atoms with Crippen molar-refractivity contribution in [1.82, 2.24) is 5.32 Å². The van der Waals surface area contributed by atoms with Gasteiger partial charge in [-0.15, -0.1) is 0 Å². The molecule has 0 aromatic heterocycles. The van der Waals surface area contributed by atoms with E-state index in [1.165, 1.54) is 6.07 Å². The summed E-state index contributed by atoms with van der Waals surface area (Å²) in [5.41, 5.74) is 6.69. The molecule has 0 saturated carbocycles. The zero-order valence-electron chi connectivity index (χ0n) is 13.4. The molecule has 0 radical (unpaired) electrons. The van der Waals surface area contributed by atoms with Gasteiger partial charge in [-0.3, -0.25) is 14.4 Å². The molecule has 0 aliphatic heterocycles. The summed E-state index contributed by atoms with van der Waals surface area (Å²) in [5.74, 6) is -2.43. The van der Waals surface area contributed by atoms with E-state index in [4.69, 9.17) is 5.73 Å². The smallest absolute Gasteiger partial charge is 0.313 e. The summed E-state index contributed by atoms with van der Waals surface area (Å²) in [4.78, 5) is 34.4. The monoisotopic (exact) mass is 343 g/mol. The standard InChI is InChI=1S/C18H18FN3O3/c19-15-4-2-1-3-13(15)9-10-21-17(24)18(25)22-14-7-5-12(6-8-14)11-16(20)23/h1-8H,9-11H2,(H2,20,23)(H,21,24)(H,22,25). The van der Waals surface area contributed by atoms with Gasteiger partial charge in [0.1, 0.15) is 5.82 Å². The molecule has 6 nitrogen and oxygen atoms in total. The summed E-state index contributed by atoms with van der Waals surface area (Å²) < 4.78 is 13.5. The van der Waals surface area contributed by atoms with Crippen molar-refractivity contribution in [3.8, 4) is 0 Å². The van der Waals surface area contributed by atoms with Gasteiger partial charge < -0.3 is 16.4 Å². The highest BCUT2D eigenvalue weighted by Crippen LogP contribution is 2.10. The molecular formula is C18H18FN3O3. The normalized spacial score (nSPS) is 10.1. The molecule has 0 fully saturated rings. The van der Waals surface area contributed by atoms with Gasteiger partial charge >= 0.3 is 11.8 Å². The van der Waals surface area contributed by atoms with Crippen molar-refractivity contribution < 1.29 is 18.8 Å². The summed E-state index contributed by atoms with van der Waals surface area (Å²) in [6.07, 6.45) is 0.387. The number of carbonyl (C=O) groups is 3. The van der Waals surface area contributed by atoms with Crippen LogP contribution in [0.4, 0.5) is 10.1 Å². The van der Waals surface area contributed by atoms with E-state index in [2.05, 4.69) is 10.6 Å². The van der Waals surface area contributed by atoms with Crippen LogP contribution in [0, 0.1) is 5.82 Å². The fourth-order valence-electron chi connectivity index (χ4n) is 2.19. The minimum Gasteiger partial charge on any atom is -0.369 e. The Balaban J connectivity index is 1.81. The number of carbonyl (C=O) groups excluding carboxylic acids is 3. The Labute approximate surface area is 144 Å². The number of benzene rings is 2. The van der Waals surface area contributed by atoms with E-state index >= 15 is 0 Å². The third-order valence-corrected chi connectivity index (χ3v) is 3.43. The third-order valence-electron chi connectivity index (χ3n) is 3.43. The van der Waals surface area contributed by atoms with Crippen LogP contribution in [-0.4, -0.2) is 24.3 Å². The van der Waals surface area contributed by atoms with Crippen LogP contribution in [0.15, 0.2) is 48.5 Å². The molecule has 2 aromatic carbocycles. The third kappa shape index (κ3) is 5.72. The number of amides is 3. The second kappa shape index (κ2) is 8.58. The van der Waals surface area contributed by atoms with Gasteiger partial charge in [0.15, 0.2) is 0 Å². The predicted molar refractivity (Wildman–Crippen MR) is 91.1 cm³/mol. The predicted octanol–water partition coefficient (Wildman–Crippen LogP) is 1.15. The number of primary amides is 1. The fraction of sp³-hybridized carbons (Fsp3) is 0.167. The Morgan fingerprint density at radius 2 is 1.64 bits per heavy atom. The second-order valence-electron chi connectivity index (χ2n) is 5.39. The number of nitrogens with one attached hydrogen (secondary N) is 2. The van der Waals surface area contributed by atoms with E-state index < -0.39 is 17.7 Å². The topological polar surface area (TPSA) is 101 Å². The molecule has 0 aliphatic carbocycles. The highest BCUT2D eigenvalue weighted by Gasteiger charge is 2.13. The Morgan fingerprint density at radius 1 is 0.960 bits per heavy atom. The molecule has 0 bridgehead atoms. The number of anilines is 1. The molecule has 0 saturated heterocycles. The van der Waals surface area contributed by atoms with Crippen molar-refractivity contribution in [2.45, 2.75) is 12.8 Å². The van der Waals surface area contributed by atoms with Crippen LogP contribution in [0.2, 0.25) is 0 Å². The molecule has 25 heavy (non-hydrogen) atoms. The first kappa shape index (κ1) is 18.1. The van der Waals surface area contributed by atoms with Crippen molar-refractivity contribution in [2.24, 2.45) is 5.73 Å². The van der Waals surface area contributed by atoms with Gasteiger partial charge in [-0.2, -0.15) is 0 Å². The van der Waals surface area contributed by atoms with Gasteiger partial charge in [0.25, 0.3) is 0 Å². The lowest BCUT2D eigenvalue weighted by atomic mass is 10.1. The molecular weight excluding hydrogens is 325 g/mol. The minimum absolute atomic E-state index is 0.102. The van der Waals surface area contributed by atoms with E-state index in [0.717, 1.165) is 0 Å². The lowest BCUT2D eigenvalue weighted by Crippen LogP contribution is -2.36. The van der Waals surface area contributed by atoms with Crippen molar-refractivity contribution >= 4 is 23.4 Å². The average Bonchev–Trinajstić information content (AvgIpc) is 2.57. The number of halogens is 1. The summed E-state index contributed by atoms with van der Waals surface area (Å²) in [5, 5.41) is 4.88. The quantitative estimate of drug-likeness (QED) is 0.686. The van der Waals surface area contributed by atoms with Crippen molar-refractivity contribution in [2.75, 3.05) is 11.9 Å². The Hall–Kier alpha value is -3.22. The SMILES string of the molecule is NC(=O)Cc1ccc(NC(=O)C(=O)NCCc2ccccc2F)cc1. The second-order valence-corrected chi connectivity index (χ2v) is 5.39. The van der Waals surface area contributed by atoms with Crippen molar-refractivity contribution in [3.63, 3.8) is 0 Å². The van der Waals surface area contributed by atoms with Gasteiger partial charge in [0, 0.05) is 12.2 Å². The summed E-state index contributed by atoms with van der Waals surface area (Å²) in [6.45, 7) is 0.144. The zero-order valence-corrected chi connectivity index (χ0v) is 13.4. The number of hydrogen-bond acceptors (Lipinski definition) is 3. The van der Waals surface area contributed by atoms with Crippen LogP contribution >= 0.6 is 0 Å². The van der Waals surface area contributed by atoms with E-state index in [0.29, 0.717) is 16.8 Å². The lowest BCUT2D eigenvalue weighted by Gasteiger charge is -2.07. The molecule has 0 heterocycles. The van der Waals surface area contributed by atoms with E-state index in [9.17, 15) is 18.8 Å². The highest BCUT2D eigenvalue weighted by atomic mass is 19.1. The van der Waals surface area contributed by atoms with Crippen LogP contribution in [0.3, 0.4) is 0 Å². The molecule has 3 amide bonds. The Kier molecular flexibility index (Phi) is 6.22.